The van der Waals surface area contributed by atoms with E-state index in [2.05, 4.69) is 38.8 Å². The molecule has 0 fully saturated rings. The van der Waals surface area contributed by atoms with Crippen LogP contribution in [0.1, 0.15) is 11.1 Å². The summed E-state index contributed by atoms with van der Waals surface area (Å²) in [6.45, 7) is 0.796. The van der Waals surface area contributed by atoms with E-state index in [0.29, 0.717) is 11.5 Å². The zero-order chi connectivity index (χ0) is 16.6. The largest absolute Gasteiger partial charge is 0.370 e. The van der Waals surface area contributed by atoms with Crippen molar-refractivity contribution in [3.05, 3.63) is 78.0 Å². The Labute approximate surface area is 141 Å². The number of hydrogen-bond donors (Lipinski definition) is 2. The highest BCUT2D eigenvalue weighted by Gasteiger charge is 2.01. The number of nitrogens with zero attached hydrogens (tertiary/aromatic N) is 3. The van der Waals surface area contributed by atoms with Gasteiger partial charge in [0, 0.05) is 18.4 Å². The average molecular weight is 315 g/mol. The minimum atomic E-state index is 0.495. The van der Waals surface area contributed by atoms with Crippen molar-refractivity contribution in [3.8, 4) is 6.07 Å². The summed E-state index contributed by atoms with van der Waals surface area (Å²) < 4.78 is 0. The number of benzene rings is 2. The second kappa shape index (κ2) is 7.75. The summed E-state index contributed by atoms with van der Waals surface area (Å²) in [4.78, 5) is 8.65. The Balaban J connectivity index is 1.60. The fourth-order valence-corrected chi connectivity index (χ4v) is 2.29. The minimum Gasteiger partial charge on any atom is -0.370 e. The third kappa shape index (κ3) is 4.31. The second-order valence-corrected chi connectivity index (χ2v) is 5.25. The third-order valence-corrected chi connectivity index (χ3v) is 3.47. The van der Waals surface area contributed by atoms with E-state index in [1.165, 1.54) is 5.56 Å². The van der Waals surface area contributed by atoms with E-state index in [-0.39, 0.29) is 0 Å². The monoisotopic (exact) mass is 315 g/mol. The first-order valence-corrected chi connectivity index (χ1v) is 7.71. The van der Waals surface area contributed by atoms with Crippen molar-refractivity contribution in [2.75, 3.05) is 17.2 Å². The van der Waals surface area contributed by atoms with Crippen LogP contribution in [0.3, 0.4) is 0 Å². The van der Waals surface area contributed by atoms with E-state index in [1.54, 1.807) is 18.3 Å². The molecule has 5 heteroatoms. The van der Waals surface area contributed by atoms with Gasteiger partial charge in [-0.3, -0.25) is 0 Å². The summed E-state index contributed by atoms with van der Waals surface area (Å²) in [7, 11) is 0. The highest BCUT2D eigenvalue weighted by molar-refractivity contribution is 5.57. The maximum Gasteiger partial charge on any atom is 0.229 e. The van der Waals surface area contributed by atoms with Crippen molar-refractivity contribution in [2.24, 2.45) is 0 Å². The highest BCUT2D eigenvalue weighted by atomic mass is 15.1. The molecule has 0 bridgehead atoms. The lowest BCUT2D eigenvalue weighted by atomic mass is 10.1. The van der Waals surface area contributed by atoms with Crippen molar-refractivity contribution >= 4 is 17.5 Å². The van der Waals surface area contributed by atoms with Crippen LogP contribution < -0.4 is 10.6 Å². The molecule has 2 N–H and O–H groups in total. The minimum absolute atomic E-state index is 0.495. The standard InChI is InChI=1S/C19H17N5/c20-14-16-7-4-8-17(13-16)23-19-22-12-10-18(24-19)21-11-9-15-5-2-1-3-6-15/h1-8,10,12-13H,9,11H2,(H2,21,22,23,24). The van der Waals surface area contributed by atoms with Gasteiger partial charge in [0.2, 0.25) is 5.95 Å². The van der Waals surface area contributed by atoms with Gasteiger partial charge in [0.25, 0.3) is 0 Å². The molecule has 0 saturated heterocycles. The Kier molecular flexibility index (Phi) is 5.00. The van der Waals surface area contributed by atoms with Gasteiger partial charge in [-0.25, -0.2) is 4.98 Å². The smallest absolute Gasteiger partial charge is 0.229 e. The molecular formula is C19H17N5. The van der Waals surface area contributed by atoms with Crippen molar-refractivity contribution in [3.63, 3.8) is 0 Å². The first kappa shape index (κ1) is 15.5. The molecule has 1 aromatic heterocycles. The van der Waals surface area contributed by atoms with Crippen LogP contribution >= 0.6 is 0 Å². The van der Waals surface area contributed by atoms with Crippen LogP contribution in [0.4, 0.5) is 17.5 Å². The van der Waals surface area contributed by atoms with Gasteiger partial charge in [-0.15, -0.1) is 0 Å². The highest BCUT2D eigenvalue weighted by Crippen LogP contribution is 2.15. The molecule has 118 valence electrons. The molecule has 0 amide bonds. The van der Waals surface area contributed by atoms with Crippen LogP contribution in [0.2, 0.25) is 0 Å². The van der Waals surface area contributed by atoms with Crippen LogP contribution in [-0.2, 0) is 6.42 Å². The van der Waals surface area contributed by atoms with Gasteiger partial charge in [-0.05, 0) is 36.2 Å². The molecule has 1 heterocycles. The maximum atomic E-state index is 8.94. The van der Waals surface area contributed by atoms with E-state index in [4.69, 9.17) is 5.26 Å². The summed E-state index contributed by atoms with van der Waals surface area (Å²) in [5, 5.41) is 15.4. The molecule has 3 aromatic rings. The quantitative estimate of drug-likeness (QED) is 0.725. The molecule has 0 saturated carbocycles. The molecular weight excluding hydrogens is 298 g/mol. The number of rotatable bonds is 6. The number of hydrogen-bond acceptors (Lipinski definition) is 5. The lowest BCUT2D eigenvalue weighted by Crippen LogP contribution is -2.07. The number of aromatic nitrogens is 2. The zero-order valence-electron chi connectivity index (χ0n) is 13.1. The average Bonchev–Trinajstić information content (AvgIpc) is 2.63. The van der Waals surface area contributed by atoms with E-state index < -0.39 is 0 Å². The van der Waals surface area contributed by atoms with Crippen LogP contribution in [0.25, 0.3) is 0 Å². The molecule has 5 nitrogen and oxygen atoms in total. The molecule has 3 rings (SSSR count). The first-order chi connectivity index (χ1) is 11.8. The molecule has 0 aliphatic rings. The van der Waals surface area contributed by atoms with E-state index in [1.807, 2.05) is 36.4 Å². The van der Waals surface area contributed by atoms with Crippen LogP contribution in [0, 0.1) is 11.3 Å². The van der Waals surface area contributed by atoms with Crippen molar-refractivity contribution in [1.29, 1.82) is 5.26 Å². The molecule has 0 aliphatic carbocycles. The summed E-state index contributed by atoms with van der Waals surface area (Å²) >= 11 is 0. The summed E-state index contributed by atoms with van der Waals surface area (Å²) in [5.74, 6) is 1.26. The van der Waals surface area contributed by atoms with Gasteiger partial charge < -0.3 is 10.6 Å². The van der Waals surface area contributed by atoms with E-state index in [9.17, 15) is 0 Å². The molecule has 0 radical (unpaired) electrons. The number of anilines is 3. The topological polar surface area (TPSA) is 73.6 Å². The molecule has 0 atom stereocenters. The Morgan fingerprint density at radius 2 is 1.88 bits per heavy atom. The van der Waals surface area contributed by atoms with Crippen LogP contribution in [0.15, 0.2) is 66.9 Å². The third-order valence-electron chi connectivity index (χ3n) is 3.47. The van der Waals surface area contributed by atoms with Gasteiger partial charge in [0.05, 0.1) is 11.6 Å². The molecule has 0 unspecified atom stereocenters. The van der Waals surface area contributed by atoms with Gasteiger partial charge in [-0.2, -0.15) is 10.2 Å². The normalized spacial score (nSPS) is 9.96. The Morgan fingerprint density at radius 3 is 2.71 bits per heavy atom. The Morgan fingerprint density at radius 1 is 1.00 bits per heavy atom. The predicted molar refractivity (Wildman–Crippen MR) is 95.1 cm³/mol. The fourth-order valence-electron chi connectivity index (χ4n) is 2.29. The Hall–Kier alpha value is -3.39. The SMILES string of the molecule is N#Cc1cccc(Nc2nccc(NCCc3ccccc3)n2)c1. The van der Waals surface area contributed by atoms with Crippen molar-refractivity contribution < 1.29 is 0 Å². The van der Waals surface area contributed by atoms with Crippen LogP contribution in [0.5, 0.6) is 0 Å². The van der Waals surface area contributed by atoms with Gasteiger partial charge in [0.1, 0.15) is 5.82 Å². The maximum absolute atomic E-state index is 8.94. The molecule has 0 spiro atoms. The van der Waals surface area contributed by atoms with Crippen molar-refractivity contribution in [1.82, 2.24) is 9.97 Å². The summed E-state index contributed by atoms with van der Waals surface area (Å²) in [5.41, 5.74) is 2.67. The zero-order valence-corrected chi connectivity index (χ0v) is 13.1. The fraction of sp³-hybridized carbons (Fsp3) is 0.105. The van der Waals surface area contributed by atoms with E-state index in [0.717, 1.165) is 24.5 Å². The lowest BCUT2D eigenvalue weighted by Gasteiger charge is -2.08. The molecule has 2 aromatic carbocycles. The summed E-state index contributed by atoms with van der Waals surface area (Å²) in [6.07, 6.45) is 2.63. The lowest BCUT2D eigenvalue weighted by molar-refractivity contribution is 1.00. The molecule has 24 heavy (non-hydrogen) atoms. The predicted octanol–water partition coefficient (Wildman–Crippen LogP) is 3.75. The van der Waals surface area contributed by atoms with Gasteiger partial charge in [0.15, 0.2) is 0 Å². The molecule has 0 aliphatic heterocycles. The second-order valence-electron chi connectivity index (χ2n) is 5.25. The van der Waals surface area contributed by atoms with Crippen LogP contribution in [-0.4, -0.2) is 16.5 Å². The van der Waals surface area contributed by atoms with Gasteiger partial charge >= 0.3 is 0 Å². The van der Waals surface area contributed by atoms with Crippen molar-refractivity contribution in [2.45, 2.75) is 6.42 Å². The van der Waals surface area contributed by atoms with E-state index >= 15 is 0 Å². The first-order valence-electron chi connectivity index (χ1n) is 7.71. The summed E-state index contributed by atoms with van der Waals surface area (Å²) in [6, 6.07) is 21.5. The van der Waals surface area contributed by atoms with Gasteiger partial charge in [-0.1, -0.05) is 36.4 Å². The number of nitrogens with one attached hydrogen (secondary N) is 2. The number of nitriles is 1. The Bertz CT molecular complexity index is 840.